The van der Waals surface area contributed by atoms with E-state index >= 15 is 0 Å². The van der Waals surface area contributed by atoms with E-state index in [1.165, 1.54) is 0 Å². The summed E-state index contributed by atoms with van der Waals surface area (Å²) in [5.74, 6) is 0. The standard InChI is InChI=1S/C7H7N3.C2H6/c1-5-2-6-7(8-3-5)4-9-10-6;1-2/h2-4H,1H3,(H,9,10);1-2H3. The Morgan fingerprint density at radius 1 is 1.25 bits per heavy atom. The number of nitrogens with one attached hydrogen (secondary N) is 1. The zero-order valence-corrected chi connectivity index (χ0v) is 7.63. The molecule has 0 aliphatic heterocycles. The van der Waals surface area contributed by atoms with Crippen LogP contribution < -0.4 is 0 Å². The summed E-state index contributed by atoms with van der Waals surface area (Å²) in [5.41, 5.74) is 3.07. The lowest BCUT2D eigenvalue weighted by Crippen LogP contribution is -1.76. The van der Waals surface area contributed by atoms with Gasteiger partial charge in [-0.2, -0.15) is 5.10 Å². The van der Waals surface area contributed by atoms with Gasteiger partial charge in [-0.05, 0) is 18.6 Å². The molecule has 3 nitrogen and oxygen atoms in total. The highest BCUT2D eigenvalue weighted by Gasteiger charge is 1.93. The number of aromatic amines is 1. The lowest BCUT2D eigenvalue weighted by atomic mass is 10.3. The van der Waals surface area contributed by atoms with E-state index in [4.69, 9.17) is 0 Å². The quantitative estimate of drug-likeness (QED) is 0.647. The molecule has 0 aromatic carbocycles. The number of nitrogens with zero attached hydrogens (tertiary/aromatic N) is 2. The van der Waals surface area contributed by atoms with Crippen LogP contribution in [0, 0.1) is 6.92 Å². The van der Waals surface area contributed by atoms with Gasteiger partial charge in [0.2, 0.25) is 0 Å². The van der Waals surface area contributed by atoms with Crippen molar-refractivity contribution in [1.29, 1.82) is 0 Å². The van der Waals surface area contributed by atoms with E-state index in [2.05, 4.69) is 15.2 Å². The summed E-state index contributed by atoms with van der Waals surface area (Å²) in [7, 11) is 0. The first kappa shape index (κ1) is 8.71. The second-order valence-corrected chi connectivity index (χ2v) is 2.32. The van der Waals surface area contributed by atoms with Gasteiger partial charge in [0.25, 0.3) is 0 Å². The van der Waals surface area contributed by atoms with Gasteiger partial charge in [0.1, 0.15) is 5.52 Å². The van der Waals surface area contributed by atoms with Crippen molar-refractivity contribution in [3.05, 3.63) is 24.0 Å². The minimum atomic E-state index is 0.922. The highest BCUT2D eigenvalue weighted by Crippen LogP contribution is 2.07. The molecule has 0 saturated carbocycles. The Bertz CT molecular complexity index is 351. The second kappa shape index (κ2) is 3.85. The van der Waals surface area contributed by atoms with Crippen molar-refractivity contribution < 1.29 is 0 Å². The van der Waals surface area contributed by atoms with E-state index in [0.717, 1.165) is 16.6 Å². The number of fused-ring (bicyclic) bond motifs is 1. The Hall–Kier alpha value is -1.38. The van der Waals surface area contributed by atoms with Gasteiger partial charge >= 0.3 is 0 Å². The maximum atomic E-state index is 4.15. The van der Waals surface area contributed by atoms with Crippen LogP contribution in [0.25, 0.3) is 11.0 Å². The summed E-state index contributed by atoms with van der Waals surface area (Å²) >= 11 is 0. The molecular weight excluding hydrogens is 150 g/mol. The molecule has 2 aromatic heterocycles. The molecule has 0 amide bonds. The van der Waals surface area contributed by atoms with E-state index in [1.807, 2.05) is 33.0 Å². The van der Waals surface area contributed by atoms with E-state index in [9.17, 15) is 0 Å². The first-order valence-electron chi connectivity index (χ1n) is 4.12. The van der Waals surface area contributed by atoms with Gasteiger partial charge in [0, 0.05) is 6.20 Å². The van der Waals surface area contributed by atoms with Crippen molar-refractivity contribution in [3.63, 3.8) is 0 Å². The van der Waals surface area contributed by atoms with Crippen LogP contribution in [-0.2, 0) is 0 Å². The van der Waals surface area contributed by atoms with Crippen molar-refractivity contribution in [2.24, 2.45) is 0 Å². The number of aromatic nitrogens is 3. The van der Waals surface area contributed by atoms with Gasteiger partial charge in [-0.3, -0.25) is 10.1 Å². The first-order valence-corrected chi connectivity index (χ1v) is 4.12. The average Bonchev–Trinajstić information content (AvgIpc) is 2.54. The number of aryl methyl sites for hydroxylation is 1. The third kappa shape index (κ3) is 1.61. The van der Waals surface area contributed by atoms with Crippen LogP contribution in [0.5, 0.6) is 0 Å². The van der Waals surface area contributed by atoms with Crippen molar-refractivity contribution in [2.75, 3.05) is 0 Å². The van der Waals surface area contributed by atoms with Gasteiger partial charge in [0.15, 0.2) is 0 Å². The van der Waals surface area contributed by atoms with Crippen molar-refractivity contribution >= 4 is 11.0 Å². The molecule has 0 aliphatic carbocycles. The van der Waals surface area contributed by atoms with Gasteiger partial charge in [-0.25, -0.2) is 0 Å². The summed E-state index contributed by atoms with van der Waals surface area (Å²) in [6, 6.07) is 2.02. The highest BCUT2D eigenvalue weighted by molar-refractivity contribution is 5.73. The molecule has 64 valence electrons. The summed E-state index contributed by atoms with van der Waals surface area (Å²) in [4.78, 5) is 4.15. The van der Waals surface area contributed by atoms with Gasteiger partial charge in [-0.15, -0.1) is 0 Å². The molecular formula is C9H13N3. The summed E-state index contributed by atoms with van der Waals surface area (Å²) < 4.78 is 0. The van der Waals surface area contributed by atoms with Crippen molar-refractivity contribution in [3.8, 4) is 0 Å². The van der Waals surface area contributed by atoms with Crippen LogP contribution in [0.15, 0.2) is 18.5 Å². The lowest BCUT2D eigenvalue weighted by Gasteiger charge is -1.88. The fourth-order valence-corrected chi connectivity index (χ4v) is 0.935. The number of hydrogen-bond acceptors (Lipinski definition) is 2. The van der Waals surface area contributed by atoms with Crippen LogP contribution in [0.4, 0.5) is 0 Å². The van der Waals surface area contributed by atoms with Crippen LogP contribution >= 0.6 is 0 Å². The van der Waals surface area contributed by atoms with Crippen molar-refractivity contribution in [2.45, 2.75) is 20.8 Å². The van der Waals surface area contributed by atoms with E-state index in [-0.39, 0.29) is 0 Å². The zero-order valence-electron chi connectivity index (χ0n) is 7.63. The Labute approximate surface area is 71.8 Å². The normalized spacial score (nSPS) is 9.25. The zero-order chi connectivity index (χ0) is 8.97. The van der Waals surface area contributed by atoms with Gasteiger partial charge in [-0.1, -0.05) is 13.8 Å². The van der Waals surface area contributed by atoms with Crippen molar-refractivity contribution in [1.82, 2.24) is 15.2 Å². The molecule has 0 unspecified atom stereocenters. The third-order valence-electron chi connectivity index (χ3n) is 1.43. The minimum absolute atomic E-state index is 0.922. The fraction of sp³-hybridized carbons (Fsp3) is 0.333. The van der Waals surface area contributed by atoms with Crippen LogP contribution in [0.2, 0.25) is 0 Å². The maximum absolute atomic E-state index is 4.15. The second-order valence-electron chi connectivity index (χ2n) is 2.32. The predicted octanol–water partition coefficient (Wildman–Crippen LogP) is 2.29. The number of hydrogen-bond donors (Lipinski definition) is 1. The molecule has 2 rings (SSSR count). The highest BCUT2D eigenvalue weighted by atomic mass is 15.1. The summed E-state index contributed by atoms with van der Waals surface area (Å²) in [5, 5.41) is 6.70. The maximum Gasteiger partial charge on any atom is 0.108 e. The number of rotatable bonds is 0. The summed E-state index contributed by atoms with van der Waals surface area (Å²) in [6.07, 6.45) is 3.55. The van der Waals surface area contributed by atoms with Crippen LogP contribution in [-0.4, -0.2) is 15.2 Å². The molecule has 2 heterocycles. The third-order valence-corrected chi connectivity index (χ3v) is 1.43. The molecule has 0 atom stereocenters. The molecule has 0 saturated heterocycles. The topological polar surface area (TPSA) is 41.6 Å². The van der Waals surface area contributed by atoms with E-state index in [1.54, 1.807) is 6.20 Å². The summed E-state index contributed by atoms with van der Waals surface area (Å²) in [6.45, 7) is 6.01. The molecule has 0 spiro atoms. The number of pyridine rings is 1. The van der Waals surface area contributed by atoms with Gasteiger partial charge in [0.05, 0.1) is 11.7 Å². The largest absolute Gasteiger partial charge is 0.276 e. The lowest BCUT2D eigenvalue weighted by molar-refractivity contribution is 1.12. The first-order chi connectivity index (χ1) is 5.86. The minimum Gasteiger partial charge on any atom is -0.276 e. The molecule has 0 aliphatic rings. The predicted molar refractivity (Wildman–Crippen MR) is 50.0 cm³/mol. The average molecular weight is 163 g/mol. The smallest absolute Gasteiger partial charge is 0.108 e. The molecule has 1 N–H and O–H groups in total. The fourth-order valence-electron chi connectivity index (χ4n) is 0.935. The molecule has 3 heteroatoms. The van der Waals surface area contributed by atoms with E-state index < -0.39 is 0 Å². The Kier molecular flexibility index (Phi) is 2.80. The SMILES string of the molecule is CC.Cc1cnc2cn[nH]c2c1. The molecule has 0 radical (unpaired) electrons. The Balaban J connectivity index is 0.000000336. The van der Waals surface area contributed by atoms with Crippen LogP contribution in [0.1, 0.15) is 19.4 Å². The molecule has 0 fully saturated rings. The Morgan fingerprint density at radius 3 is 2.75 bits per heavy atom. The van der Waals surface area contributed by atoms with Gasteiger partial charge < -0.3 is 0 Å². The van der Waals surface area contributed by atoms with Crippen LogP contribution in [0.3, 0.4) is 0 Å². The van der Waals surface area contributed by atoms with E-state index in [0.29, 0.717) is 0 Å². The molecule has 12 heavy (non-hydrogen) atoms. The molecule has 2 aromatic rings. The number of H-pyrrole nitrogens is 1. The monoisotopic (exact) mass is 163 g/mol. The Morgan fingerprint density at radius 2 is 2.00 bits per heavy atom. The molecule has 0 bridgehead atoms.